The van der Waals surface area contributed by atoms with E-state index in [9.17, 15) is 5.11 Å². The molecule has 0 spiro atoms. The molecule has 1 heterocycles. The van der Waals surface area contributed by atoms with Gasteiger partial charge >= 0.3 is 0 Å². The van der Waals surface area contributed by atoms with Gasteiger partial charge in [-0.15, -0.1) is 0 Å². The number of hydrogen-bond donors (Lipinski definition) is 1. The molecule has 1 aromatic rings. The Hall–Kier alpha value is -0.830. The van der Waals surface area contributed by atoms with Crippen LogP contribution in [0, 0.1) is 6.92 Å². The molecule has 1 fully saturated rings. The van der Waals surface area contributed by atoms with Gasteiger partial charge in [0.05, 0.1) is 11.3 Å². The Bertz CT molecular complexity index is 313. The van der Waals surface area contributed by atoms with Crippen molar-refractivity contribution in [3.8, 4) is 0 Å². The van der Waals surface area contributed by atoms with Gasteiger partial charge in [0.15, 0.2) is 0 Å². The first-order chi connectivity index (χ1) is 6.09. The molecule has 0 atom stereocenters. The Kier molecular flexibility index (Phi) is 1.91. The Labute approximate surface area is 78.4 Å². The molecule has 0 saturated heterocycles. The fraction of sp³-hybridized carbons (Fsp3) is 0.700. The van der Waals surface area contributed by atoms with Gasteiger partial charge in [0.2, 0.25) is 0 Å². The summed E-state index contributed by atoms with van der Waals surface area (Å²) in [6.07, 6.45) is 5.84. The summed E-state index contributed by atoms with van der Waals surface area (Å²) in [5.74, 6) is 0. The largest absolute Gasteiger partial charge is 0.390 e. The summed E-state index contributed by atoms with van der Waals surface area (Å²) in [7, 11) is 1.93. The predicted octanol–water partition coefficient (Wildman–Crippen LogP) is 1.19. The van der Waals surface area contributed by atoms with Crippen LogP contribution in [0.15, 0.2) is 6.20 Å². The molecular weight excluding hydrogens is 164 g/mol. The number of nitrogens with zero attached hydrogens (tertiary/aromatic N) is 2. The van der Waals surface area contributed by atoms with Crippen LogP contribution in [0.4, 0.5) is 0 Å². The Morgan fingerprint density at radius 2 is 2.31 bits per heavy atom. The molecule has 1 aliphatic carbocycles. The van der Waals surface area contributed by atoms with E-state index in [1.165, 1.54) is 5.56 Å². The molecule has 2 rings (SSSR count). The molecule has 0 bridgehead atoms. The van der Waals surface area contributed by atoms with Crippen LogP contribution in [-0.4, -0.2) is 20.5 Å². The van der Waals surface area contributed by atoms with Crippen LogP contribution >= 0.6 is 0 Å². The number of aliphatic hydroxyl groups is 1. The summed E-state index contributed by atoms with van der Waals surface area (Å²) in [4.78, 5) is 0. The van der Waals surface area contributed by atoms with E-state index in [-0.39, 0.29) is 5.60 Å². The highest BCUT2D eigenvalue weighted by atomic mass is 16.3. The first-order valence-corrected chi connectivity index (χ1v) is 4.81. The minimum Gasteiger partial charge on any atom is -0.390 e. The van der Waals surface area contributed by atoms with Crippen molar-refractivity contribution in [3.63, 3.8) is 0 Å². The predicted molar refractivity (Wildman–Crippen MR) is 50.4 cm³/mol. The molecule has 0 aliphatic heterocycles. The van der Waals surface area contributed by atoms with Crippen LogP contribution in [0.2, 0.25) is 0 Å². The van der Waals surface area contributed by atoms with Gasteiger partial charge < -0.3 is 5.11 Å². The molecule has 13 heavy (non-hydrogen) atoms. The molecule has 0 amide bonds. The van der Waals surface area contributed by atoms with Gasteiger partial charge in [-0.25, -0.2) is 0 Å². The van der Waals surface area contributed by atoms with E-state index in [1.807, 2.05) is 24.9 Å². The number of rotatable bonds is 3. The topological polar surface area (TPSA) is 38.0 Å². The van der Waals surface area contributed by atoms with Crippen LogP contribution in [0.1, 0.15) is 30.5 Å². The van der Waals surface area contributed by atoms with Crippen molar-refractivity contribution in [3.05, 3.63) is 17.5 Å². The minimum atomic E-state index is -0.331. The van der Waals surface area contributed by atoms with Crippen LogP contribution in [-0.2, 0) is 13.5 Å². The first kappa shape index (κ1) is 8.75. The summed E-state index contributed by atoms with van der Waals surface area (Å²) in [6.45, 7) is 2.02. The zero-order chi connectivity index (χ0) is 9.47. The van der Waals surface area contributed by atoms with Crippen molar-refractivity contribution in [1.82, 2.24) is 9.78 Å². The quantitative estimate of drug-likeness (QED) is 0.758. The second-order valence-corrected chi connectivity index (χ2v) is 4.14. The molecular formula is C10H16N2O. The number of aromatic nitrogens is 2. The highest BCUT2D eigenvalue weighted by molar-refractivity contribution is 5.16. The monoisotopic (exact) mass is 180 g/mol. The Morgan fingerprint density at radius 3 is 2.77 bits per heavy atom. The lowest BCUT2D eigenvalue weighted by atomic mass is 10.1. The molecule has 72 valence electrons. The second-order valence-electron chi connectivity index (χ2n) is 4.14. The maximum absolute atomic E-state index is 9.66. The Balaban J connectivity index is 1.97. The molecule has 1 saturated carbocycles. The van der Waals surface area contributed by atoms with Crippen molar-refractivity contribution in [2.75, 3.05) is 0 Å². The standard InChI is InChI=1S/C10H16N2O/c1-8-9(7-12(2)11-8)3-4-10(13)5-6-10/h7,13H,3-6H2,1-2H3. The third-order valence-corrected chi connectivity index (χ3v) is 2.80. The third-order valence-electron chi connectivity index (χ3n) is 2.80. The van der Waals surface area contributed by atoms with Crippen molar-refractivity contribution in [2.45, 2.75) is 38.2 Å². The van der Waals surface area contributed by atoms with Crippen molar-refractivity contribution < 1.29 is 5.11 Å². The Morgan fingerprint density at radius 1 is 1.62 bits per heavy atom. The second kappa shape index (κ2) is 2.84. The maximum Gasteiger partial charge on any atom is 0.0653 e. The molecule has 0 radical (unpaired) electrons. The van der Waals surface area contributed by atoms with E-state index in [2.05, 4.69) is 5.10 Å². The van der Waals surface area contributed by atoms with E-state index >= 15 is 0 Å². The fourth-order valence-electron chi connectivity index (χ4n) is 1.66. The van der Waals surface area contributed by atoms with E-state index in [4.69, 9.17) is 0 Å². The maximum atomic E-state index is 9.66. The molecule has 3 nitrogen and oxygen atoms in total. The van der Waals surface area contributed by atoms with E-state index in [0.29, 0.717) is 0 Å². The van der Waals surface area contributed by atoms with Gasteiger partial charge in [-0.2, -0.15) is 5.10 Å². The normalized spacial score (nSPS) is 19.0. The molecule has 3 heteroatoms. The molecule has 1 aromatic heterocycles. The lowest BCUT2D eigenvalue weighted by Crippen LogP contribution is -2.07. The van der Waals surface area contributed by atoms with Crippen LogP contribution < -0.4 is 0 Å². The van der Waals surface area contributed by atoms with Gasteiger partial charge in [0.1, 0.15) is 0 Å². The number of aryl methyl sites for hydroxylation is 3. The third kappa shape index (κ3) is 1.91. The average Bonchev–Trinajstić information content (AvgIpc) is 2.69. The van der Waals surface area contributed by atoms with Crippen molar-refractivity contribution in [1.29, 1.82) is 0 Å². The van der Waals surface area contributed by atoms with Crippen molar-refractivity contribution >= 4 is 0 Å². The van der Waals surface area contributed by atoms with E-state index in [1.54, 1.807) is 0 Å². The molecule has 1 N–H and O–H groups in total. The van der Waals surface area contributed by atoms with Gasteiger partial charge in [-0.1, -0.05) is 0 Å². The van der Waals surface area contributed by atoms with Crippen molar-refractivity contribution in [2.24, 2.45) is 7.05 Å². The van der Waals surface area contributed by atoms with Crippen LogP contribution in [0.5, 0.6) is 0 Å². The average molecular weight is 180 g/mol. The lowest BCUT2D eigenvalue weighted by Gasteiger charge is -2.05. The van der Waals surface area contributed by atoms with Gasteiger partial charge in [-0.3, -0.25) is 4.68 Å². The summed E-state index contributed by atoms with van der Waals surface area (Å²) >= 11 is 0. The first-order valence-electron chi connectivity index (χ1n) is 4.81. The molecule has 0 aromatic carbocycles. The fourth-order valence-corrected chi connectivity index (χ4v) is 1.66. The summed E-state index contributed by atoms with van der Waals surface area (Å²) < 4.78 is 1.83. The van der Waals surface area contributed by atoms with Gasteiger partial charge in [-0.05, 0) is 38.2 Å². The summed E-state index contributed by atoms with van der Waals surface area (Å²) in [5, 5.41) is 13.9. The zero-order valence-electron chi connectivity index (χ0n) is 8.25. The highest BCUT2D eigenvalue weighted by Gasteiger charge is 2.39. The van der Waals surface area contributed by atoms with E-state index < -0.39 is 0 Å². The zero-order valence-corrected chi connectivity index (χ0v) is 8.25. The van der Waals surface area contributed by atoms with Crippen LogP contribution in [0.25, 0.3) is 0 Å². The SMILES string of the molecule is Cc1nn(C)cc1CCC1(O)CC1. The van der Waals surface area contributed by atoms with E-state index in [0.717, 1.165) is 31.4 Å². The van der Waals surface area contributed by atoms with Crippen LogP contribution in [0.3, 0.4) is 0 Å². The lowest BCUT2D eigenvalue weighted by molar-refractivity contribution is 0.140. The minimum absolute atomic E-state index is 0.331. The van der Waals surface area contributed by atoms with Gasteiger partial charge in [0.25, 0.3) is 0 Å². The summed E-state index contributed by atoms with van der Waals surface area (Å²) in [6, 6.07) is 0. The summed E-state index contributed by atoms with van der Waals surface area (Å²) in [5.41, 5.74) is 2.03. The molecule has 1 aliphatic rings. The highest BCUT2D eigenvalue weighted by Crippen LogP contribution is 2.39. The number of hydrogen-bond acceptors (Lipinski definition) is 2. The van der Waals surface area contributed by atoms with Gasteiger partial charge in [0, 0.05) is 13.2 Å². The molecule has 0 unspecified atom stereocenters. The smallest absolute Gasteiger partial charge is 0.0653 e.